The van der Waals surface area contributed by atoms with Crippen molar-refractivity contribution in [1.29, 1.82) is 0 Å². The number of ether oxygens (including phenoxy) is 2. The molecule has 2 amide bonds. The third kappa shape index (κ3) is 4.66. The molecule has 2 aromatic rings. The minimum Gasteiger partial charge on any atom is -0.493 e. The van der Waals surface area contributed by atoms with Crippen LogP contribution in [0.1, 0.15) is 19.4 Å². The number of carbonyl (C=O) groups excluding carboxylic acids is 2. The molecule has 29 heavy (non-hydrogen) atoms. The number of amides is 2. The highest BCUT2D eigenvalue weighted by molar-refractivity contribution is 6.42. The summed E-state index contributed by atoms with van der Waals surface area (Å²) >= 11 is 11.9. The van der Waals surface area contributed by atoms with Gasteiger partial charge in [0.1, 0.15) is 5.57 Å². The molecule has 6 nitrogen and oxygen atoms in total. The van der Waals surface area contributed by atoms with Crippen LogP contribution in [-0.2, 0) is 9.59 Å². The first-order chi connectivity index (χ1) is 13.8. The molecule has 0 spiro atoms. The minimum absolute atomic E-state index is 0.00558. The zero-order valence-electron chi connectivity index (χ0n) is 16.2. The van der Waals surface area contributed by atoms with E-state index in [4.69, 9.17) is 32.7 Å². The van der Waals surface area contributed by atoms with Crippen LogP contribution in [0.3, 0.4) is 0 Å². The Balaban J connectivity index is 1.87. The van der Waals surface area contributed by atoms with E-state index in [0.29, 0.717) is 40.3 Å². The van der Waals surface area contributed by atoms with Gasteiger partial charge in [0.25, 0.3) is 11.8 Å². The molecule has 1 saturated heterocycles. The summed E-state index contributed by atoms with van der Waals surface area (Å²) in [7, 11) is 1.54. The Bertz CT molecular complexity index is 989. The quantitative estimate of drug-likeness (QED) is 0.536. The molecule has 2 aromatic carbocycles. The van der Waals surface area contributed by atoms with Crippen LogP contribution in [0.15, 0.2) is 42.0 Å². The van der Waals surface area contributed by atoms with Gasteiger partial charge in [0.15, 0.2) is 11.5 Å². The molecule has 0 aliphatic carbocycles. The van der Waals surface area contributed by atoms with Crippen LogP contribution in [0, 0.1) is 5.92 Å². The van der Waals surface area contributed by atoms with E-state index in [9.17, 15) is 9.59 Å². The van der Waals surface area contributed by atoms with Gasteiger partial charge >= 0.3 is 0 Å². The number of nitrogens with zero attached hydrogens (tertiary/aromatic N) is 1. The molecular weight excluding hydrogens is 415 g/mol. The first-order valence-corrected chi connectivity index (χ1v) is 9.68. The molecule has 8 heteroatoms. The number of halogens is 2. The summed E-state index contributed by atoms with van der Waals surface area (Å²) in [5.41, 5.74) is 3.57. The number of nitrogens with one attached hydrogen (secondary N) is 1. The normalized spacial score (nSPS) is 15.2. The van der Waals surface area contributed by atoms with Crippen molar-refractivity contribution in [3.8, 4) is 11.5 Å². The molecule has 0 radical (unpaired) electrons. The molecule has 1 aliphatic heterocycles. The fourth-order valence-electron chi connectivity index (χ4n) is 2.68. The van der Waals surface area contributed by atoms with Gasteiger partial charge in [0, 0.05) is 0 Å². The number of hydrogen-bond acceptors (Lipinski definition) is 4. The van der Waals surface area contributed by atoms with Crippen molar-refractivity contribution in [3.05, 3.63) is 57.6 Å². The average molecular weight is 435 g/mol. The Labute approximate surface area is 179 Å². The zero-order valence-corrected chi connectivity index (χ0v) is 17.7. The molecule has 0 unspecified atom stereocenters. The third-order valence-corrected chi connectivity index (χ3v) is 4.86. The Morgan fingerprint density at radius 2 is 1.83 bits per heavy atom. The van der Waals surface area contributed by atoms with Crippen LogP contribution in [0.25, 0.3) is 6.08 Å². The van der Waals surface area contributed by atoms with Gasteiger partial charge in [-0.1, -0.05) is 43.1 Å². The van der Waals surface area contributed by atoms with E-state index in [-0.39, 0.29) is 10.6 Å². The van der Waals surface area contributed by atoms with E-state index in [1.54, 1.807) is 30.3 Å². The molecule has 3 rings (SSSR count). The maximum atomic E-state index is 12.8. The van der Waals surface area contributed by atoms with Crippen molar-refractivity contribution in [1.82, 2.24) is 5.43 Å². The zero-order chi connectivity index (χ0) is 21.1. The standard InChI is InChI=1S/C21H20Cl2N2O4/c1-12(2)11-29-18-7-4-13(9-19(18)28-3)8-15-20(26)24-25(21(15)27)14-5-6-16(22)17(23)10-14/h4-10,12H,11H2,1-3H3,(H,24,26)/b15-8+. The molecule has 0 atom stereocenters. The summed E-state index contributed by atoms with van der Waals surface area (Å²) in [6.07, 6.45) is 1.50. The summed E-state index contributed by atoms with van der Waals surface area (Å²) in [5, 5.41) is 1.77. The molecule has 0 saturated carbocycles. The number of carbonyl (C=O) groups is 2. The molecule has 1 aliphatic rings. The first-order valence-electron chi connectivity index (χ1n) is 8.93. The van der Waals surface area contributed by atoms with Gasteiger partial charge in [-0.2, -0.15) is 0 Å². The Kier molecular flexibility index (Phi) is 6.35. The Morgan fingerprint density at radius 3 is 2.48 bits per heavy atom. The molecule has 1 fully saturated rings. The Hall–Kier alpha value is -2.70. The van der Waals surface area contributed by atoms with Gasteiger partial charge in [-0.25, -0.2) is 5.01 Å². The van der Waals surface area contributed by atoms with E-state index in [1.165, 1.54) is 19.3 Å². The van der Waals surface area contributed by atoms with E-state index < -0.39 is 11.8 Å². The summed E-state index contributed by atoms with van der Waals surface area (Å²) in [4.78, 5) is 25.1. The van der Waals surface area contributed by atoms with Gasteiger partial charge in [-0.05, 0) is 47.9 Å². The van der Waals surface area contributed by atoms with Gasteiger partial charge < -0.3 is 9.47 Å². The summed E-state index contributed by atoms with van der Waals surface area (Å²) < 4.78 is 11.1. The number of rotatable bonds is 6. The van der Waals surface area contributed by atoms with Gasteiger partial charge in [0.05, 0.1) is 29.4 Å². The Morgan fingerprint density at radius 1 is 1.07 bits per heavy atom. The molecule has 0 aromatic heterocycles. The predicted octanol–water partition coefficient (Wildman–Crippen LogP) is 4.50. The van der Waals surface area contributed by atoms with Crippen LogP contribution in [-0.4, -0.2) is 25.5 Å². The van der Waals surface area contributed by atoms with Crippen molar-refractivity contribution in [2.24, 2.45) is 5.92 Å². The van der Waals surface area contributed by atoms with Gasteiger partial charge in [-0.3, -0.25) is 15.0 Å². The van der Waals surface area contributed by atoms with Crippen molar-refractivity contribution < 1.29 is 19.1 Å². The maximum absolute atomic E-state index is 12.8. The summed E-state index contributed by atoms with van der Waals surface area (Å²) in [6, 6.07) is 9.88. The third-order valence-electron chi connectivity index (χ3n) is 4.12. The lowest BCUT2D eigenvalue weighted by molar-refractivity contribution is -0.117. The first kappa shape index (κ1) is 21.0. The van der Waals surface area contributed by atoms with E-state index >= 15 is 0 Å². The second-order valence-corrected chi connectivity index (χ2v) is 7.67. The fourth-order valence-corrected chi connectivity index (χ4v) is 2.97. The summed E-state index contributed by atoms with van der Waals surface area (Å²) in [5.74, 6) is 0.483. The van der Waals surface area contributed by atoms with Crippen LogP contribution in [0.2, 0.25) is 10.0 Å². The largest absolute Gasteiger partial charge is 0.493 e. The second kappa shape index (κ2) is 8.76. The SMILES string of the molecule is COc1cc(/C=C2\C(=O)NN(c3ccc(Cl)c(Cl)c3)C2=O)ccc1OCC(C)C. The molecule has 1 N–H and O–H groups in total. The van der Waals surface area contributed by atoms with Crippen LogP contribution >= 0.6 is 23.2 Å². The number of anilines is 1. The van der Waals surface area contributed by atoms with Crippen molar-refractivity contribution in [2.75, 3.05) is 18.7 Å². The number of hydrogen-bond donors (Lipinski definition) is 1. The van der Waals surface area contributed by atoms with Crippen LogP contribution in [0.4, 0.5) is 5.69 Å². The van der Waals surface area contributed by atoms with E-state index in [2.05, 4.69) is 19.3 Å². The predicted molar refractivity (Wildman–Crippen MR) is 113 cm³/mol. The van der Waals surface area contributed by atoms with Gasteiger partial charge in [-0.15, -0.1) is 0 Å². The fraction of sp³-hybridized carbons (Fsp3) is 0.238. The lowest BCUT2D eigenvalue weighted by Crippen LogP contribution is -2.35. The van der Waals surface area contributed by atoms with Crippen molar-refractivity contribution in [2.45, 2.75) is 13.8 Å². The molecular formula is C21H20Cl2N2O4. The highest BCUT2D eigenvalue weighted by Gasteiger charge is 2.34. The highest BCUT2D eigenvalue weighted by atomic mass is 35.5. The smallest absolute Gasteiger partial charge is 0.282 e. The van der Waals surface area contributed by atoms with Crippen molar-refractivity contribution in [3.63, 3.8) is 0 Å². The van der Waals surface area contributed by atoms with E-state index in [1.807, 2.05) is 0 Å². The summed E-state index contributed by atoms with van der Waals surface area (Å²) in [6.45, 7) is 4.65. The molecule has 0 bridgehead atoms. The lowest BCUT2D eigenvalue weighted by Gasteiger charge is -2.15. The maximum Gasteiger partial charge on any atom is 0.282 e. The lowest BCUT2D eigenvalue weighted by atomic mass is 10.1. The molecule has 152 valence electrons. The average Bonchev–Trinajstić information content (AvgIpc) is 2.97. The van der Waals surface area contributed by atoms with E-state index in [0.717, 1.165) is 5.01 Å². The second-order valence-electron chi connectivity index (χ2n) is 6.85. The number of hydrazine groups is 1. The van der Waals surface area contributed by atoms with Gasteiger partial charge in [0.2, 0.25) is 0 Å². The molecule has 1 heterocycles. The highest BCUT2D eigenvalue weighted by Crippen LogP contribution is 2.31. The minimum atomic E-state index is -0.514. The monoisotopic (exact) mass is 434 g/mol. The topological polar surface area (TPSA) is 67.9 Å². The number of methoxy groups -OCH3 is 1. The van der Waals surface area contributed by atoms with Crippen molar-refractivity contribution >= 4 is 46.8 Å². The van der Waals surface area contributed by atoms with Crippen LogP contribution < -0.4 is 19.9 Å². The number of benzene rings is 2. The van der Waals surface area contributed by atoms with Crippen LogP contribution in [0.5, 0.6) is 11.5 Å².